The van der Waals surface area contributed by atoms with E-state index in [1.807, 2.05) is 52.3 Å². The van der Waals surface area contributed by atoms with Crippen molar-refractivity contribution in [3.63, 3.8) is 0 Å². The van der Waals surface area contributed by atoms with E-state index < -0.39 is 0 Å². The van der Waals surface area contributed by atoms with E-state index in [-0.39, 0.29) is 6.04 Å². The first kappa shape index (κ1) is 17.2. The Morgan fingerprint density at radius 2 is 2.22 bits per heavy atom. The zero-order valence-electron chi connectivity index (χ0n) is 14.7. The fraction of sp³-hybridized carbons (Fsp3) is 0.263. The average Bonchev–Trinajstić information content (AvgIpc) is 3.35. The molecule has 1 atom stereocenters. The number of aliphatic imine (C=N–C) groups is 1. The molecule has 0 aliphatic carbocycles. The number of hydrogen-bond acceptors (Lipinski definition) is 5. The van der Waals surface area contributed by atoms with Gasteiger partial charge in [-0.3, -0.25) is 14.6 Å². The van der Waals surface area contributed by atoms with Crippen LogP contribution < -0.4 is 10.2 Å². The van der Waals surface area contributed by atoms with Gasteiger partial charge in [0.25, 0.3) is 0 Å². The van der Waals surface area contributed by atoms with Gasteiger partial charge in [-0.25, -0.2) is 4.98 Å². The largest absolute Gasteiger partial charge is 0.333 e. The van der Waals surface area contributed by atoms with Crippen LogP contribution in [0.4, 0.5) is 5.13 Å². The Bertz CT molecular complexity index is 964. The number of hydrogen-bond donors (Lipinski definition) is 1. The highest BCUT2D eigenvalue weighted by molar-refractivity contribution is 7.22. The highest BCUT2D eigenvalue weighted by Crippen LogP contribution is 2.31. The fourth-order valence-corrected chi connectivity index (χ4v) is 3.99. The summed E-state index contributed by atoms with van der Waals surface area (Å²) in [7, 11) is 0. The molecule has 1 aliphatic heterocycles. The number of benzene rings is 1. The van der Waals surface area contributed by atoms with Crippen LogP contribution in [-0.4, -0.2) is 33.3 Å². The van der Waals surface area contributed by atoms with Crippen LogP contribution in [0.25, 0.3) is 10.2 Å². The Balaban J connectivity index is 1.57. The molecule has 0 spiro atoms. The molecule has 4 rings (SSSR count). The third-order valence-electron chi connectivity index (χ3n) is 4.25. The third kappa shape index (κ3) is 3.83. The maximum Gasteiger partial charge on any atom is 0.204 e. The fourth-order valence-electron chi connectivity index (χ4n) is 2.97. The molecule has 7 nitrogen and oxygen atoms in total. The van der Waals surface area contributed by atoms with E-state index in [0.29, 0.717) is 13.0 Å². The highest BCUT2D eigenvalue weighted by Gasteiger charge is 2.27. The molecule has 0 saturated heterocycles. The lowest BCUT2D eigenvalue weighted by Gasteiger charge is -2.32. The topological polar surface area (TPSA) is 82.1 Å². The number of guanidine groups is 1. The minimum absolute atomic E-state index is 0.0818. The van der Waals surface area contributed by atoms with Crippen LogP contribution in [0.1, 0.15) is 12.8 Å². The van der Waals surface area contributed by atoms with E-state index in [4.69, 9.17) is 9.98 Å². The molecule has 0 saturated carbocycles. The molecule has 0 radical (unpaired) electrons. The van der Waals surface area contributed by atoms with Gasteiger partial charge < -0.3 is 5.32 Å². The van der Waals surface area contributed by atoms with Gasteiger partial charge in [-0.1, -0.05) is 23.5 Å². The molecule has 0 bridgehead atoms. The molecule has 3 aromatic rings. The summed E-state index contributed by atoms with van der Waals surface area (Å²) in [6.07, 6.45) is 8.83. The number of fused-ring (bicyclic) bond motifs is 1. The van der Waals surface area contributed by atoms with Gasteiger partial charge >= 0.3 is 0 Å². The first-order valence-electron chi connectivity index (χ1n) is 8.82. The van der Waals surface area contributed by atoms with Gasteiger partial charge in [0.05, 0.1) is 28.7 Å². The van der Waals surface area contributed by atoms with Crippen molar-refractivity contribution in [3.8, 4) is 6.07 Å². The minimum atomic E-state index is -0.0818. The predicted octanol–water partition coefficient (Wildman–Crippen LogP) is 3.14. The number of rotatable bonds is 6. The standard InChI is InChI=1S/C19H19N7S/c20-9-7-15-8-12-22-18(21-10-3-13-25-14-4-11-23-25)26(15)19-24-16-5-1-2-6-17(16)27-19/h1-2,4-6,8,11-12,14-15H,3,7,10,13H2,(H,21,22). The van der Waals surface area contributed by atoms with Crippen LogP contribution in [0, 0.1) is 11.3 Å². The Hall–Kier alpha value is -3.18. The summed E-state index contributed by atoms with van der Waals surface area (Å²) in [6, 6.07) is 12.2. The monoisotopic (exact) mass is 377 g/mol. The summed E-state index contributed by atoms with van der Waals surface area (Å²) >= 11 is 1.61. The summed E-state index contributed by atoms with van der Waals surface area (Å²) in [5.41, 5.74) is 0.959. The molecule has 136 valence electrons. The molecular formula is C19H19N7S. The number of aromatic nitrogens is 3. The van der Waals surface area contributed by atoms with Crippen molar-refractivity contribution in [2.45, 2.75) is 25.4 Å². The summed E-state index contributed by atoms with van der Waals surface area (Å²) in [6.45, 7) is 1.49. The van der Waals surface area contributed by atoms with E-state index in [9.17, 15) is 5.26 Å². The van der Waals surface area contributed by atoms with Crippen molar-refractivity contribution in [1.29, 1.82) is 5.26 Å². The maximum absolute atomic E-state index is 9.23. The molecule has 1 N–H and O–H groups in total. The van der Waals surface area contributed by atoms with Crippen LogP contribution in [0.5, 0.6) is 0 Å². The van der Waals surface area contributed by atoms with E-state index in [2.05, 4.69) is 22.6 Å². The van der Waals surface area contributed by atoms with Crippen molar-refractivity contribution in [3.05, 3.63) is 55.0 Å². The second-order valence-electron chi connectivity index (χ2n) is 6.10. The van der Waals surface area contributed by atoms with Gasteiger partial charge in [-0.05, 0) is 30.7 Å². The minimum Gasteiger partial charge on any atom is -0.333 e. The van der Waals surface area contributed by atoms with Gasteiger partial charge in [-0.15, -0.1) is 0 Å². The Kier molecular flexibility index (Phi) is 5.12. The normalized spacial score (nSPS) is 18.0. The van der Waals surface area contributed by atoms with E-state index in [1.165, 1.54) is 0 Å². The molecule has 0 amide bonds. The molecule has 0 fully saturated rings. The third-order valence-corrected chi connectivity index (χ3v) is 5.28. The van der Waals surface area contributed by atoms with Crippen LogP contribution in [0.3, 0.4) is 0 Å². The second kappa shape index (κ2) is 8.01. The average molecular weight is 377 g/mol. The molecule has 1 aromatic carbocycles. The maximum atomic E-state index is 9.23. The van der Waals surface area contributed by atoms with Crippen LogP contribution in [0.15, 0.2) is 60.0 Å². The number of anilines is 1. The molecule has 8 heteroatoms. The number of aryl methyl sites for hydroxylation is 1. The van der Waals surface area contributed by atoms with Crippen LogP contribution >= 0.6 is 11.3 Å². The first-order valence-corrected chi connectivity index (χ1v) is 9.63. The van der Waals surface area contributed by atoms with Crippen LogP contribution in [-0.2, 0) is 6.54 Å². The first-order chi connectivity index (χ1) is 13.3. The van der Waals surface area contributed by atoms with Gasteiger partial charge in [0.2, 0.25) is 5.96 Å². The molecule has 3 heterocycles. The van der Waals surface area contributed by atoms with E-state index >= 15 is 0 Å². The van der Waals surface area contributed by atoms with Gasteiger partial charge in [0.15, 0.2) is 5.13 Å². The number of nitrogens with one attached hydrogen (secondary N) is 1. The Morgan fingerprint density at radius 3 is 3.04 bits per heavy atom. The van der Waals surface area contributed by atoms with Gasteiger partial charge in [0, 0.05) is 31.7 Å². The van der Waals surface area contributed by atoms with Crippen molar-refractivity contribution in [1.82, 2.24) is 20.1 Å². The summed E-state index contributed by atoms with van der Waals surface area (Å²) in [4.78, 5) is 11.5. The number of para-hydroxylation sites is 1. The smallest absolute Gasteiger partial charge is 0.204 e. The number of thiazole rings is 1. The lowest BCUT2D eigenvalue weighted by molar-refractivity contribution is 0.584. The summed E-state index contributed by atoms with van der Waals surface area (Å²) in [5, 5.41) is 17.5. The number of nitriles is 1. The molecule has 1 aliphatic rings. The summed E-state index contributed by atoms with van der Waals surface area (Å²) < 4.78 is 3.02. The highest BCUT2D eigenvalue weighted by atomic mass is 32.1. The van der Waals surface area contributed by atoms with E-state index in [0.717, 1.165) is 34.3 Å². The van der Waals surface area contributed by atoms with Crippen molar-refractivity contribution < 1.29 is 0 Å². The number of nitrogens with zero attached hydrogens (tertiary/aromatic N) is 6. The van der Waals surface area contributed by atoms with Gasteiger partial charge in [-0.2, -0.15) is 10.4 Å². The molecule has 1 unspecified atom stereocenters. The van der Waals surface area contributed by atoms with Crippen LogP contribution in [0.2, 0.25) is 0 Å². The zero-order valence-corrected chi connectivity index (χ0v) is 15.5. The quantitative estimate of drug-likeness (QED) is 0.667. The summed E-state index contributed by atoms with van der Waals surface area (Å²) in [5.74, 6) is 0.734. The Labute approximate surface area is 161 Å². The SMILES string of the molecule is N#CCC1C=CNC(=NCCCn2cccn2)N1c1nc2ccccc2s1. The molecule has 2 aromatic heterocycles. The lowest BCUT2D eigenvalue weighted by Crippen LogP contribution is -2.48. The zero-order chi connectivity index (χ0) is 18.5. The predicted molar refractivity (Wildman–Crippen MR) is 108 cm³/mol. The van der Waals surface area contributed by atoms with Gasteiger partial charge in [0.1, 0.15) is 0 Å². The molecular weight excluding hydrogens is 358 g/mol. The molecule has 27 heavy (non-hydrogen) atoms. The van der Waals surface area contributed by atoms with E-state index in [1.54, 1.807) is 17.5 Å². The van der Waals surface area contributed by atoms with Crippen molar-refractivity contribution in [2.75, 3.05) is 11.4 Å². The Morgan fingerprint density at radius 1 is 1.30 bits per heavy atom. The van der Waals surface area contributed by atoms with Crippen molar-refractivity contribution in [2.24, 2.45) is 4.99 Å². The lowest BCUT2D eigenvalue weighted by atomic mass is 10.2. The second-order valence-corrected chi connectivity index (χ2v) is 7.10. The van der Waals surface area contributed by atoms with Crippen molar-refractivity contribution >= 4 is 32.6 Å².